The van der Waals surface area contributed by atoms with E-state index in [0.29, 0.717) is 17.7 Å². The highest BCUT2D eigenvalue weighted by molar-refractivity contribution is 7.89. The average Bonchev–Trinajstić information content (AvgIpc) is 3.23. The maximum Gasteiger partial charge on any atom is 0.326 e. The predicted octanol–water partition coefficient (Wildman–Crippen LogP) is 3.72. The van der Waals surface area contributed by atoms with Crippen molar-refractivity contribution in [3.63, 3.8) is 0 Å². The number of carbonyl (C=O) groups is 3. The number of sulfonamides is 1. The fourth-order valence-electron chi connectivity index (χ4n) is 4.96. The molecule has 0 radical (unpaired) electrons. The van der Waals surface area contributed by atoms with E-state index in [4.69, 9.17) is 10.1 Å². The smallest absolute Gasteiger partial charge is 0.326 e. The lowest BCUT2D eigenvalue weighted by molar-refractivity contribution is -0.142. The van der Waals surface area contributed by atoms with E-state index in [0.717, 1.165) is 35.6 Å². The predicted molar refractivity (Wildman–Crippen MR) is 154 cm³/mol. The summed E-state index contributed by atoms with van der Waals surface area (Å²) < 4.78 is 33.4. The highest BCUT2D eigenvalue weighted by Crippen LogP contribution is 2.30. The third kappa shape index (κ3) is 8.79. The van der Waals surface area contributed by atoms with Gasteiger partial charge < -0.3 is 20.6 Å². The third-order valence-electron chi connectivity index (χ3n) is 7.06. The van der Waals surface area contributed by atoms with Crippen LogP contribution in [-0.2, 0) is 42.0 Å². The van der Waals surface area contributed by atoms with Crippen molar-refractivity contribution in [1.82, 2.24) is 9.62 Å². The molecule has 4 unspecified atom stereocenters. The SMILES string of the molecule is CC(=N)CCCCCC(=O)Cc1ccc(CC(NC(=O)C2C(C)OC(C)N2S(=O)(=O)c2ccccc2)C(=O)O)cc1. The Hall–Kier alpha value is -3.41. The summed E-state index contributed by atoms with van der Waals surface area (Å²) in [7, 11) is -4.09. The van der Waals surface area contributed by atoms with Gasteiger partial charge in [-0.2, -0.15) is 4.31 Å². The van der Waals surface area contributed by atoms with Gasteiger partial charge in [0.25, 0.3) is 0 Å². The topological polar surface area (TPSA) is 154 Å². The summed E-state index contributed by atoms with van der Waals surface area (Å²) in [6, 6.07) is 12.2. The van der Waals surface area contributed by atoms with Crippen LogP contribution in [0.25, 0.3) is 0 Å². The van der Waals surface area contributed by atoms with Crippen LogP contribution >= 0.6 is 0 Å². The number of benzene rings is 2. The van der Waals surface area contributed by atoms with Gasteiger partial charge >= 0.3 is 5.97 Å². The summed E-state index contributed by atoms with van der Waals surface area (Å²) >= 11 is 0. The van der Waals surface area contributed by atoms with Crippen LogP contribution in [0, 0.1) is 5.41 Å². The Bertz CT molecular complexity index is 1330. The van der Waals surface area contributed by atoms with Gasteiger partial charge in [-0.25, -0.2) is 13.2 Å². The van der Waals surface area contributed by atoms with E-state index < -0.39 is 46.3 Å². The number of carboxylic acid groups (broad SMARTS) is 1. The molecule has 11 heteroatoms. The minimum absolute atomic E-state index is 0.00795. The molecule has 0 spiro atoms. The molecule has 0 aromatic heterocycles. The highest BCUT2D eigenvalue weighted by Gasteiger charge is 2.49. The molecule has 10 nitrogen and oxygen atoms in total. The summed E-state index contributed by atoms with van der Waals surface area (Å²) in [5.74, 6) is -1.89. The van der Waals surface area contributed by atoms with E-state index in [-0.39, 0.29) is 23.5 Å². The van der Waals surface area contributed by atoms with Crippen molar-refractivity contribution < 1.29 is 32.6 Å². The van der Waals surface area contributed by atoms with Gasteiger partial charge in [-0.3, -0.25) is 9.59 Å². The van der Waals surface area contributed by atoms with Crippen LogP contribution < -0.4 is 5.32 Å². The van der Waals surface area contributed by atoms with Gasteiger partial charge in [0.15, 0.2) is 0 Å². The number of unbranched alkanes of at least 4 members (excludes halogenated alkanes) is 2. The van der Waals surface area contributed by atoms with Gasteiger partial charge in [0.1, 0.15) is 24.1 Å². The molecule has 1 heterocycles. The molecule has 0 saturated carbocycles. The number of nitrogens with zero attached hydrogens (tertiary/aromatic N) is 1. The first kappa shape index (κ1) is 32.1. The zero-order chi connectivity index (χ0) is 30.2. The lowest BCUT2D eigenvalue weighted by atomic mass is 10.00. The van der Waals surface area contributed by atoms with Crippen molar-refractivity contribution in [2.45, 2.75) is 95.0 Å². The summed E-state index contributed by atoms with van der Waals surface area (Å²) in [6.07, 6.45) is 2.38. The summed E-state index contributed by atoms with van der Waals surface area (Å²) in [5.41, 5.74) is 2.11. The number of hydrogen-bond donors (Lipinski definition) is 3. The Kier molecular flexibility index (Phi) is 11.3. The summed E-state index contributed by atoms with van der Waals surface area (Å²) in [6.45, 7) is 4.89. The fraction of sp³-hybridized carbons (Fsp3) is 0.467. The van der Waals surface area contributed by atoms with Gasteiger partial charge in [0.05, 0.1) is 11.0 Å². The van der Waals surface area contributed by atoms with E-state index in [1.54, 1.807) is 56.3 Å². The number of hydrogen-bond acceptors (Lipinski definition) is 7. The molecule has 41 heavy (non-hydrogen) atoms. The number of carbonyl (C=O) groups excluding carboxylic acids is 2. The zero-order valence-corrected chi connectivity index (χ0v) is 24.5. The second kappa shape index (κ2) is 14.5. The molecule has 2 aromatic rings. The molecule has 1 amide bonds. The molecule has 2 aromatic carbocycles. The van der Waals surface area contributed by atoms with Gasteiger partial charge in [-0.15, -0.1) is 0 Å². The first-order valence-electron chi connectivity index (χ1n) is 13.8. The van der Waals surface area contributed by atoms with Gasteiger partial charge in [0, 0.05) is 25.0 Å². The van der Waals surface area contributed by atoms with E-state index >= 15 is 0 Å². The lowest BCUT2D eigenvalue weighted by Gasteiger charge is -2.27. The molecular weight excluding hydrogens is 546 g/mol. The van der Waals surface area contributed by atoms with E-state index in [9.17, 15) is 27.9 Å². The number of ether oxygens (including phenoxy) is 1. The van der Waals surface area contributed by atoms with Crippen molar-refractivity contribution in [3.05, 3.63) is 65.7 Å². The summed E-state index contributed by atoms with van der Waals surface area (Å²) in [4.78, 5) is 37.7. The summed E-state index contributed by atoms with van der Waals surface area (Å²) in [5, 5.41) is 19.8. The van der Waals surface area contributed by atoms with Crippen molar-refractivity contribution >= 4 is 33.4 Å². The highest BCUT2D eigenvalue weighted by atomic mass is 32.2. The molecule has 1 saturated heterocycles. The monoisotopic (exact) mass is 585 g/mol. The quantitative estimate of drug-likeness (QED) is 0.213. The Balaban J connectivity index is 1.62. The van der Waals surface area contributed by atoms with Crippen LogP contribution in [0.15, 0.2) is 59.5 Å². The van der Waals surface area contributed by atoms with Crippen LogP contribution in [0.2, 0.25) is 0 Å². The first-order valence-corrected chi connectivity index (χ1v) is 15.2. The molecule has 222 valence electrons. The maximum absolute atomic E-state index is 13.4. The Morgan fingerprint density at radius 3 is 2.20 bits per heavy atom. The molecule has 4 atom stereocenters. The third-order valence-corrected chi connectivity index (χ3v) is 9.01. The minimum atomic E-state index is -4.09. The standard InChI is InChI=1S/C30H39N3O7S/c1-20(31)10-6-4-7-11-25(34)18-23-14-16-24(17-15-23)19-27(30(36)37)32-29(35)28-21(2)40-22(3)33(28)41(38,39)26-12-8-5-9-13-26/h5,8-9,12-17,21-22,27-28,31H,4,6-7,10-11,18-19H2,1-3H3,(H,32,35)(H,36,37). The number of Topliss-reactive ketones (excluding diaryl/α,β-unsaturated/α-hetero) is 1. The van der Waals surface area contributed by atoms with E-state index in [1.807, 2.05) is 0 Å². The van der Waals surface area contributed by atoms with E-state index in [2.05, 4.69) is 5.32 Å². The number of ketones is 1. The zero-order valence-electron chi connectivity index (χ0n) is 23.7. The largest absolute Gasteiger partial charge is 0.480 e. The Morgan fingerprint density at radius 2 is 1.59 bits per heavy atom. The first-order chi connectivity index (χ1) is 19.4. The second-order valence-electron chi connectivity index (χ2n) is 10.5. The molecule has 0 aliphatic carbocycles. The number of rotatable bonds is 15. The number of carboxylic acids is 1. The van der Waals surface area contributed by atoms with Crippen LogP contribution in [0.5, 0.6) is 0 Å². The fourth-order valence-corrected chi connectivity index (χ4v) is 6.71. The molecule has 3 rings (SSSR count). The van der Waals surface area contributed by atoms with Crippen LogP contribution in [0.4, 0.5) is 0 Å². The van der Waals surface area contributed by atoms with Gasteiger partial charge in [-0.05, 0) is 63.3 Å². The van der Waals surface area contributed by atoms with Crippen molar-refractivity contribution in [3.8, 4) is 0 Å². The van der Waals surface area contributed by atoms with E-state index in [1.165, 1.54) is 19.1 Å². The molecule has 1 aliphatic heterocycles. The maximum atomic E-state index is 13.4. The molecule has 1 fully saturated rings. The van der Waals surface area contributed by atoms with Crippen LogP contribution in [0.3, 0.4) is 0 Å². The molecule has 1 aliphatic rings. The minimum Gasteiger partial charge on any atom is -0.480 e. The Morgan fingerprint density at radius 1 is 0.976 bits per heavy atom. The average molecular weight is 586 g/mol. The van der Waals surface area contributed by atoms with Crippen LogP contribution in [-0.4, -0.2) is 65.6 Å². The number of aliphatic carboxylic acids is 1. The number of nitrogens with one attached hydrogen (secondary N) is 2. The number of amides is 1. The lowest BCUT2D eigenvalue weighted by Crippen LogP contribution is -2.54. The van der Waals surface area contributed by atoms with Crippen molar-refractivity contribution in [1.29, 1.82) is 5.41 Å². The van der Waals surface area contributed by atoms with Crippen molar-refractivity contribution in [2.24, 2.45) is 0 Å². The molecule has 0 bridgehead atoms. The van der Waals surface area contributed by atoms with Crippen molar-refractivity contribution in [2.75, 3.05) is 0 Å². The van der Waals surface area contributed by atoms with Crippen LogP contribution in [0.1, 0.15) is 64.0 Å². The van der Waals surface area contributed by atoms with Gasteiger partial charge in [0.2, 0.25) is 15.9 Å². The second-order valence-corrected chi connectivity index (χ2v) is 12.4. The molecule has 3 N–H and O–H groups in total. The Labute approximate surface area is 241 Å². The normalized spacial score (nSPS) is 19.9. The van der Waals surface area contributed by atoms with Gasteiger partial charge in [-0.1, -0.05) is 48.9 Å². The molecular formula is C30H39N3O7S.